The smallest absolute Gasteiger partial charge is 0.309 e. The molecule has 2 aromatic carbocycles. The fourth-order valence-corrected chi connectivity index (χ4v) is 12.2. The number of nitrogens with one attached hydrogen (secondary N) is 4. The normalized spacial score (nSPS) is 25.6. The Morgan fingerprint density at radius 3 is 1.33 bits per heavy atom. The van der Waals surface area contributed by atoms with E-state index in [0.29, 0.717) is 47.7 Å². The number of benzene rings is 2. The number of pyridine rings is 2. The number of carboxylic acids is 2. The van der Waals surface area contributed by atoms with Crippen LogP contribution in [0.5, 0.6) is 0 Å². The van der Waals surface area contributed by atoms with Crippen LogP contribution in [-0.4, -0.2) is 68.6 Å². The van der Waals surface area contributed by atoms with Gasteiger partial charge in [-0.1, -0.05) is 24.3 Å². The van der Waals surface area contributed by atoms with Crippen LogP contribution in [0.15, 0.2) is 60.9 Å². The van der Waals surface area contributed by atoms with Crippen LogP contribution in [0, 0.1) is 35.5 Å². The van der Waals surface area contributed by atoms with Crippen LogP contribution in [0.3, 0.4) is 0 Å². The topological polar surface area (TPSA) is 220 Å². The number of hydrogen-bond acceptors (Lipinski definition) is 9. The van der Waals surface area contributed by atoms with E-state index in [0.717, 1.165) is 147 Å². The Kier molecular flexibility index (Phi) is 12.6. The Hall–Kier alpha value is -5.99. The van der Waals surface area contributed by atoms with Crippen molar-refractivity contribution in [1.82, 2.24) is 20.6 Å². The van der Waals surface area contributed by atoms with E-state index < -0.39 is 22.8 Å². The molecule has 6 aliphatic rings. The van der Waals surface area contributed by atoms with E-state index in [1.807, 2.05) is 74.8 Å². The Labute approximate surface area is 391 Å². The van der Waals surface area contributed by atoms with Gasteiger partial charge in [0, 0.05) is 49.9 Å². The lowest BCUT2D eigenvalue weighted by molar-refractivity contribution is -0.149. The zero-order chi connectivity index (χ0) is 47.1. The minimum absolute atomic E-state index is 0.0581. The molecule has 6 fully saturated rings. The summed E-state index contributed by atoms with van der Waals surface area (Å²) in [5, 5.41) is 40.1. The molecule has 10 rings (SSSR count). The molecule has 2 amide bonds. The van der Waals surface area contributed by atoms with Crippen molar-refractivity contribution >= 4 is 41.6 Å². The van der Waals surface area contributed by atoms with Gasteiger partial charge in [-0.2, -0.15) is 0 Å². The zero-order valence-electron chi connectivity index (χ0n) is 38.5. The third-order valence-corrected chi connectivity index (χ3v) is 16.5. The third kappa shape index (κ3) is 9.22. The summed E-state index contributed by atoms with van der Waals surface area (Å²) in [5.74, 6) is -0.986. The first-order chi connectivity index (χ1) is 32.2. The second-order valence-corrected chi connectivity index (χ2v) is 20.8. The van der Waals surface area contributed by atoms with Crippen molar-refractivity contribution in [1.29, 1.82) is 0 Å². The molecule has 4 aromatic rings. The number of aromatic nitrogens is 2. The monoisotopic (exact) mass is 910 g/mol. The minimum Gasteiger partial charge on any atom is -0.483 e. The van der Waals surface area contributed by atoms with E-state index in [9.17, 15) is 29.4 Å². The van der Waals surface area contributed by atoms with Crippen molar-refractivity contribution in [3.8, 4) is 11.1 Å². The Balaban J connectivity index is 0.00000183. The van der Waals surface area contributed by atoms with Crippen LogP contribution >= 0.6 is 0 Å². The number of carboxylic acid groups (broad SMARTS) is 3. The van der Waals surface area contributed by atoms with Crippen molar-refractivity contribution in [2.45, 2.75) is 129 Å². The first kappa shape index (κ1) is 46.1. The quantitative estimate of drug-likeness (QED) is 0.0494. The predicted octanol–water partition coefficient (Wildman–Crippen LogP) is 8.97. The molecule has 2 aromatic heterocycles. The van der Waals surface area contributed by atoms with Crippen LogP contribution < -0.4 is 21.3 Å². The summed E-state index contributed by atoms with van der Waals surface area (Å²) in [5.41, 5.74) is 9.38. The second-order valence-electron chi connectivity index (χ2n) is 20.8. The van der Waals surface area contributed by atoms with Gasteiger partial charge in [-0.05, 0) is 195 Å². The van der Waals surface area contributed by atoms with Gasteiger partial charge in [-0.3, -0.25) is 33.9 Å². The molecule has 14 heteroatoms. The molecule has 0 unspecified atom stereocenters. The zero-order valence-corrected chi connectivity index (χ0v) is 38.5. The number of aliphatic carboxylic acids is 2. The van der Waals surface area contributed by atoms with E-state index in [2.05, 4.69) is 31.2 Å². The van der Waals surface area contributed by atoms with Crippen LogP contribution in [0.4, 0.5) is 11.4 Å². The average Bonchev–Trinajstić information content (AvgIpc) is 4.22. The molecule has 6 aliphatic carbocycles. The van der Waals surface area contributed by atoms with Crippen molar-refractivity contribution in [2.24, 2.45) is 21.7 Å². The van der Waals surface area contributed by atoms with Gasteiger partial charge in [0.15, 0.2) is 0 Å². The maximum absolute atomic E-state index is 13.8. The number of amides is 2. The highest BCUT2D eigenvalue weighted by Crippen LogP contribution is 2.62. The number of nitrogens with zero attached hydrogens (tertiary/aromatic N) is 2. The number of fused-ring (bicyclic) bond motifs is 4. The highest BCUT2D eigenvalue weighted by atomic mass is 16.4. The first-order valence-electron chi connectivity index (χ1n) is 24.0. The third-order valence-electron chi connectivity index (χ3n) is 16.5. The molecular formula is C53H62N6O8. The van der Waals surface area contributed by atoms with Gasteiger partial charge in [0.1, 0.15) is 11.4 Å². The largest absolute Gasteiger partial charge is 0.483 e. The van der Waals surface area contributed by atoms with E-state index in [1.165, 1.54) is 0 Å². The fraction of sp³-hybridized carbons (Fsp3) is 0.491. The lowest BCUT2D eigenvalue weighted by Crippen LogP contribution is -2.30. The molecule has 0 radical (unpaired) electrons. The molecule has 0 atom stereocenters. The van der Waals surface area contributed by atoms with Gasteiger partial charge in [0.2, 0.25) is 0 Å². The van der Waals surface area contributed by atoms with Crippen molar-refractivity contribution in [2.75, 3.05) is 23.7 Å². The summed E-state index contributed by atoms with van der Waals surface area (Å²) in [6.45, 7) is 6.62. The summed E-state index contributed by atoms with van der Waals surface area (Å²) in [7, 11) is 0. The summed E-state index contributed by atoms with van der Waals surface area (Å²) in [4.78, 5) is 69.2. The van der Waals surface area contributed by atoms with Gasteiger partial charge >= 0.3 is 11.9 Å². The lowest BCUT2D eigenvalue weighted by Gasteiger charge is -2.27. The highest BCUT2D eigenvalue weighted by molar-refractivity contribution is 6.05. The highest BCUT2D eigenvalue weighted by Gasteiger charge is 2.59. The Bertz CT molecular complexity index is 2430. The average molecular weight is 911 g/mol. The Morgan fingerprint density at radius 2 is 1.00 bits per heavy atom. The molecule has 7 N–H and O–H groups in total. The first-order valence-corrected chi connectivity index (χ1v) is 24.0. The van der Waals surface area contributed by atoms with Gasteiger partial charge in [0.25, 0.3) is 18.3 Å². The van der Waals surface area contributed by atoms with Crippen LogP contribution in [0.1, 0.15) is 156 Å². The number of hydrogen-bond donors (Lipinski definition) is 7. The molecular weight excluding hydrogens is 849 g/mol. The standard InChI is InChI=1S/C52H60N6O6.CH2O2/c1-31-37(5-3-7-41(31)57-45(59)43-21-39(33-9-10-33)35(25-55-43)23-53-29-49-13-17-51(27-49,18-14-49)47(61)62)38-6-4-8-42(32(38)2)58-46(60)44-22-40(34-11-12-34)36(26-56-44)24-54-30-50-15-19-52(28-50,20-16-50)48(63)64;2-1-3/h3-8,21-22,25-26,33-34,53-54H,9-20,23-24,27-30H2,1-2H3,(H,57,59)(H,58,60)(H,61,62)(H,63,64);1H,(H,2,3). The Morgan fingerprint density at radius 1 is 0.627 bits per heavy atom. The molecule has 0 saturated heterocycles. The molecule has 0 aliphatic heterocycles. The van der Waals surface area contributed by atoms with Crippen molar-refractivity contribution in [3.05, 3.63) is 106 Å². The fourth-order valence-electron chi connectivity index (χ4n) is 12.2. The van der Waals surface area contributed by atoms with E-state index in [4.69, 9.17) is 9.90 Å². The van der Waals surface area contributed by atoms with E-state index in [1.54, 1.807) is 0 Å². The van der Waals surface area contributed by atoms with Gasteiger partial charge in [-0.25, -0.2) is 0 Å². The number of rotatable bonds is 17. The molecule has 67 heavy (non-hydrogen) atoms. The number of carbonyl (C=O) groups is 5. The summed E-state index contributed by atoms with van der Waals surface area (Å²) in [6.07, 6.45) is 16.4. The van der Waals surface area contributed by atoms with E-state index >= 15 is 0 Å². The van der Waals surface area contributed by atoms with Gasteiger partial charge in [-0.15, -0.1) is 0 Å². The maximum atomic E-state index is 13.8. The van der Waals surface area contributed by atoms with Gasteiger partial charge in [0.05, 0.1) is 10.8 Å². The molecule has 6 saturated carbocycles. The molecule has 2 heterocycles. The second kappa shape index (κ2) is 18.2. The molecule has 0 spiro atoms. The number of carbonyl (C=O) groups excluding carboxylic acids is 2. The summed E-state index contributed by atoms with van der Waals surface area (Å²) >= 11 is 0. The number of anilines is 2. The van der Waals surface area contributed by atoms with Gasteiger partial charge < -0.3 is 36.6 Å². The SMILES string of the molecule is Cc1c(NC(=O)c2cc(C3CC3)c(CNCC34CCC(C(=O)O)(CC3)C4)cn2)cccc1-c1cccc(NC(=O)c2cc(C3CC3)c(CNCC34CCC(C(=O)O)(CC3)C4)cn2)c1C.O=CO. The lowest BCUT2D eigenvalue weighted by atomic mass is 9.82. The van der Waals surface area contributed by atoms with Crippen LogP contribution in [-0.2, 0) is 27.5 Å². The van der Waals surface area contributed by atoms with E-state index in [-0.39, 0.29) is 29.1 Å². The minimum atomic E-state index is -0.640. The van der Waals surface area contributed by atoms with Crippen LogP contribution in [0.2, 0.25) is 0 Å². The van der Waals surface area contributed by atoms with Crippen molar-refractivity contribution in [3.63, 3.8) is 0 Å². The summed E-state index contributed by atoms with van der Waals surface area (Å²) < 4.78 is 0. The molecule has 352 valence electrons. The van der Waals surface area contributed by atoms with Crippen LogP contribution in [0.25, 0.3) is 11.1 Å². The summed E-state index contributed by atoms with van der Waals surface area (Å²) in [6, 6.07) is 15.6. The molecule has 14 nitrogen and oxygen atoms in total. The maximum Gasteiger partial charge on any atom is 0.309 e. The predicted molar refractivity (Wildman–Crippen MR) is 253 cm³/mol. The van der Waals surface area contributed by atoms with Crippen molar-refractivity contribution < 1.29 is 39.3 Å². The molecule has 4 bridgehead atoms.